The fourth-order valence-corrected chi connectivity index (χ4v) is 4.10. The molecule has 0 aliphatic rings. The maximum atomic E-state index is 12.7. The minimum absolute atomic E-state index is 0.0184. The van der Waals surface area contributed by atoms with E-state index in [0.717, 1.165) is 25.7 Å². The Morgan fingerprint density at radius 1 is 0.773 bits per heavy atom. The van der Waals surface area contributed by atoms with Crippen molar-refractivity contribution in [2.75, 3.05) is 19.4 Å². The average Bonchev–Trinajstić information content (AvgIpc) is 2.45. The second-order valence-corrected chi connectivity index (χ2v) is 9.66. The predicted octanol–water partition coefficient (Wildman–Crippen LogP) is 6.81. The Morgan fingerprint density at radius 3 is 1.86 bits per heavy atom. The summed E-state index contributed by atoms with van der Waals surface area (Å²) < 4.78 is 24.1. The smallest absolute Gasteiger partial charge is 0.309 e. The van der Waals surface area contributed by atoms with E-state index in [9.17, 15) is 4.57 Å². The van der Waals surface area contributed by atoms with E-state index in [0.29, 0.717) is 19.4 Å². The number of rotatable bonds is 14. The number of hydrogen-bond donors (Lipinski definition) is 0. The Balaban J connectivity index is 3.96. The Bertz CT molecular complexity index is 297. The van der Waals surface area contributed by atoms with Crippen LogP contribution in [-0.2, 0) is 13.6 Å². The SMILES string of the molecule is CCCCCCCCCOP(=O)(CCCC)OCC(C)(C)C. The molecule has 0 bridgehead atoms. The molecule has 3 nitrogen and oxygen atoms in total. The zero-order valence-electron chi connectivity index (χ0n) is 15.7. The molecule has 0 radical (unpaired) electrons. The van der Waals surface area contributed by atoms with Gasteiger partial charge in [0.25, 0.3) is 0 Å². The van der Waals surface area contributed by atoms with Gasteiger partial charge in [0, 0.05) is 0 Å². The van der Waals surface area contributed by atoms with Crippen LogP contribution < -0.4 is 0 Å². The van der Waals surface area contributed by atoms with Gasteiger partial charge in [0.15, 0.2) is 0 Å². The predicted molar refractivity (Wildman–Crippen MR) is 96.7 cm³/mol. The molecule has 0 amide bonds. The highest BCUT2D eigenvalue weighted by Gasteiger charge is 2.26. The van der Waals surface area contributed by atoms with Crippen LogP contribution in [0.25, 0.3) is 0 Å². The van der Waals surface area contributed by atoms with Crippen molar-refractivity contribution < 1.29 is 13.6 Å². The highest BCUT2D eigenvalue weighted by molar-refractivity contribution is 7.53. The van der Waals surface area contributed by atoms with Gasteiger partial charge < -0.3 is 9.05 Å². The van der Waals surface area contributed by atoms with E-state index >= 15 is 0 Å². The standard InChI is InChI=1S/C18H39O3P/c1-6-8-10-11-12-13-14-15-20-22(19,16-9-7-2)21-17-18(3,4)5/h6-17H2,1-5H3. The number of hydrogen-bond acceptors (Lipinski definition) is 3. The van der Waals surface area contributed by atoms with E-state index in [1.807, 2.05) is 0 Å². The van der Waals surface area contributed by atoms with Crippen LogP contribution in [0.4, 0.5) is 0 Å². The Kier molecular flexibility index (Phi) is 12.6. The first kappa shape index (κ1) is 22.1. The molecule has 0 rings (SSSR count). The molecule has 1 atom stereocenters. The van der Waals surface area contributed by atoms with Crippen molar-refractivity contribution in [1.29, 1.82) is 0 Å². The maximum absolute atomic E-state index is 12.7. The minimum Gasteiger partial charge on any atom is -0.309 e. The van der Waals surface area contributed by atoms with Gasteiger partial charge in [-0.25, -0.2) is 0 Å². The summed E-state index contributed by atoms with van der Waals surface area (Å²) in [5, 5.41) is 0. The van der Waals surface area contributed by atoms with Crippen molar-refractivity contribution in [3.63, 3.8) is 0 Å². The lowest BCUT2D eigenvalue weighted by Gasteiger charge is -2.24. The van der Waals surface area contributed by atoms with E-state index in [1.165, 1.54) is 32.1 Å². The third kappa shape index (κ3) is 13.8. The van der Waals surface area contributed by atoms with Crippen LogP contribution in [-0.4, -0.2) is 19.4 Å². The van der Waals surface area contributed by atoms with Gasteiger partial charge in [0.1, 0.15) is 0 Å². The first-order valence-corrected chi connectivity index (χ1v) is 10.9. The quantitative estimate of drug-likeness (QED) is 0.258. The molecule has 22 heavy (non-hydrogen) atoms. The summed E-state index contributed by atoms with van der Waals surface area (Å²) in [5.74, 6) is 0. The van der Waals surface area contributed by atoms with Gasteiger partial charge in [-0.2, -0.15) is 0 Å². The zero-order chi connectivity index (χ0) is 16.9. The van der Waals surface area contributed by atoms with Crippen LogP contribution in [0.1, 0.15) is 92.4 Å². The third-order valence-electron chi connectivity index (χ3n) is 3.52. The highest BCUT2D eigenvalue weighted by atomic mass is 31.2. The van der Waals surface area contributed by atoms with E-state index in [1.54, 1.807) is 0 Å². The molecule has 0 aromatic carbocycles. The highest BCUT2D eigenvalue weighted by Crippen LogP contribution is 2.50. The first-order chi connectivity index (χ1) is 10.3. The second kappa shape index (κ2) is 12.6. The topological polar surface area (TPSA) is 35.5 Å². The van der Waals surface area contributed by atoms with E-state index in [-0.39, 0.29) is 5.41 Å². The van der Waals surface area contributed by atoms with Gasteiger partial charge in [-0.3, -0.25) is 4.57 Å². The van der Waals surface area contributed by atoms with Crippen LogP contribution in [0.2, 0.25) is 0 Å². The molecule has 0 spiro atoms. The Labute approximate surface area is 139 Å². The molecule has 1 unspecified atom stereocenters. The van der Waals surface area contributed by atoms with Crippen LogP contribution >= 0.6 is 7.60 Å². The van der Waals surface area contributed by atoms with Gasteiger partial charge in [0.05, 0.1) is 19.4 Å². The molecule has 0 aliphatic carbocycles. The second-order valence-electron chi connectivity index (χ2n) is 7.48. The van der Waals surface area contributed by atoms with Gasteiger partial charge in [0.2, 0.25) is 0 Å². The third-order valence-corrected chi connectivity index (χ3v) is 5.48. The summed E-state index contributed by atoms with van der Waals surface area (Å²) in [6.45, 7) is 11.7. The van der Waals surface area contributed by atoms with E-state index < -0.39 is 7.60 Å². The normalized spacial score (nSPS) is 15.0. The van der Waals surface area contributed by atoms with Crippen molar-refractivity contribution >= 4 is 7.60 Å². The molecular weight excluding hydrogens is 295 g/mol. The summed E-state index contributed by atoms with van der Waals surface area (Å²) in [7, 11) is -2.90. The summed E-state index contributed by atoms with van der Waals surface area (Å²) in [6.07, 6.45) is 11.1. The van der Waals surface area contributed by atoms with Gasteiger partial charge in [-0.1, -0.05) is 79.6 Å². The summed E-state index contributed by atoms with van der Waals surface area (Å²) in [5.41, 5.74) is 0.0184. The molecule has 0 saturated carbocycles. The molecule has 134 valence electrons. The molecule has 0 fully saturated rings. The summed E-state index contributed by atoms with van der Waals surface area (Å²) in [4.78, 5) is 0. The number of unbranched alkanes of at least 4 members (excludes halogenated alkanes) is 7. The molecular formula is C18H39O3P. The average molecular weight is 334 g/mol. The molecule has 0 aromatic rings. The molecule has 4 heteroatoms. The largest absolute Gasteiger partial charge is 0.330 e. The Morgan fingerprint density at radius 2 is 1.32 bits per heavy atom. The fraction of sp³-hybridized carbons (Fsp3) is 1.00. The van der Waals surface area contributed by atoms with Crippen molar-refractivity contribution in [3.05, 3.63) is 0 Å². The minimum atomic E-state index is -2.90. The molecule has 0 saturated heterocycles. The fourth-order valence-electron chi connectivity index (χ4n) is 2.07. The molecule has 0 heterocycles. The molecule has 0 aliphatic heterocycles. The molecule has 0 N–H and O–H groups in total. The van der Waals surface area contributed by atoms with Crippen molar-refractivity contribution in [1.82, 2.24) is 0 Å². The van der Waals surface area contributed by atoms with Crippen LogP contribution in [0.3, 0.4) is 0 Å². The van der Waals surface area contributed by atoms with Crippen molar-refractivity contribution in [2.24, 2.45) is 5.41 Å². The lowest BCUT2D eigenvalue weighted by atomic mass is 9.99. The van der Waals surface area contributed by atoms with Gasteiger partial charge >= 0.3 is 7.60 Å². The van der Waals surface area contributed by atoms with Crippen molar-refractivity contribution in [2.45, 2.75) is 92.4 Å². The van der Waals surface area contributed by atoms with E-state index in [2.05, 4.69) is 34.6 Å². The van der Waals surface area contributed by atoms with Crippen LogP contribution in [0.15, 0.2) is 0 Å². The van der Waals surface area contributed by atoms with Gasteiger partial charge in [-0.05, 0) is 18.3 Å². The van der Waals surface area contributed by atoms with Gasteiger partial charge in [-0.15, -0.1) is 0 Å². The summed E-state index contributed by atoms with van der Waals surface area (Å²) in [6, 6.07) is 0. The first-order valence-electron chi connectivity index (χ1n) is 9.21. The summed E-state index contributed by atoms with van der Waals surface area (Å²) >= 11 is 0. The Hall–Kier alpha value is 0.150. The zero-order valence-corrected chi connectivity index (χ0v) is 16.6. The lowest BCUT2D eigenvalue weighted by molar-refractivity contribution is 0.149. The lowest BCUT2D eigenvalue weighted by Crippen LogP contribution is -2.15. The van der Waals surface area contributed by atoms with Crippen LogP contribution in [0, 0.1) is 5.41 Å². The van der Waals surface area contributed by atoms with E-state index in [4.69, 9.17) is 9.05 Å². The molecule has 0 aromatic heterocycles. The van der Waals surface area contributed by atoms with Crippen LogP contribution in [0.5, 0.6) is 0 Å². The monoisotopic (exact) mass is 334 g/mol. The van der Waals surface area contributed by atoms with Crippen molar-refractivity contribution in [3.8, 4) is 0 Å². The maximum Gasteiger partial charge on any atom is 0.330 e.